The molecule has 6 nitrogen and oxygen atoms in total. The van der Waals surface area contributed by atoms with Gasteiger partial charge in [0.1, 0.15) is 11.4 Å². The SMILES string of the molecule is CC1(c2ccccc2F)NC(=O)N(Cc2cc(Cl)c3c(c2)OCO3)C1=O. The number of amides is 3. The fraction of sp³-hybridized carbons (Fsp3) is 0.222. The van der Waals surface area contributed by atoms with Crippen LogP contribution < -0.4 is 14.8 Å². The minimum atomic E-state index is -1.47. The predicted octanol–water partition coefficient (Wildman–Crippen LogP) is 3.18. The predicted molar refractivity (Wildman–Crippen MR) is 90.4 cm³/mol. The van der Waals surface area contributed by atoms with E-state index in [9.17, 15) is 14.0 Å². The molecule has 2 heterocycles. The van der Waals surface area contributed by atoms with Gasteiger partial charge in [-0.2, -0.15) is 0 Å². The lowest BCUT2D eigenvalue weighted by molar-refractivity contribution is -0.131. The molecule has 1 N–H and O–H groups in total. The summed E-state index contributed by atoms with van der Waals surface area (Å²) < 4.78 is 24.7. The molecule has 0 bridgehead atoms. The molecule has 2 aromatic carbocycles. The Bertz CT molecular complexity index is 935. The maximum atomic E-state index is 14.2. The zero-order chi connectivity index (χ0) is 18.5. The molecule has 0 aromatic heterocycles. The summed E-state index contributed by atoms with van der Waals surface area (Å²) in [6.07, 6.45) is 0. The Labute approximate surface area is 153 Å². The lowest BCUT2D eigenvalue weighted by atomic mass is 9.91. The first-order chi connectivity index (χ1) is 12.4. The standard InChI is InChI=1S/C18H14ClFN2O4/c1-18(11-4-2-3-5-13(11)20)16(23)22(17(24)21-18)8-10-6-12(19)15-14(7-10)25-9-26-15/h2-7H,8-9H2,1H3,(H,21,24). The normalized spacial score (nSPS) is 21.3. The molecule has 2 aromatic rings. The highest BCUT2D eigenvalue weighted by Crippen LogP contribution is 2.40. The zero-order valence-electron chi connectivity index (χ0n) is 13.7. The molecule has 3 amide bonds. The minimum absolute atomic E-state index is 0.0227. The summed E-state index contributed by atoms with van der Waals surface area (Å²) in [5, 5.41) is 2.92. The van der Waals surface area contributed by atoms with E-state index >= 15 is 0 Å². The van der Waals surface area contributed by atoms with Crippen LogP contribution in [0.5, 0.6) is 11.5 Å². The third-order valence-corrected chi connectivity index (χ3v) is 4.80. The third kappa shape index (κ3) is 2.47. The van der Waals surface area contributed by atoms with Crippen molar-refractivity contribution >= 4 is 23.5 Å². The summed E-state index contributed by atoms with van der Waals surface area (Å²) >= 11 is 6.15. The van der Waals surface area contributed by atoms with Gasteiger partial charge in [0.15, 0.2) is 11.5 Å². The number of imide groups is 1. The minimum Gasteiger partial charge on any atom is -0.454 e. The first kappa shape index (κ1) is 16.7. The van der Waals surface area contributed by atoms with Gasteiger partial charge in [0, 0.05) is 5.56 Å². The summed E-state index contributed by atoms with van der Waals surface area (Å²) in [6.45, 7) is 1.52. The van der Waals surface area contributed by atoms with Crippen LogP contribution in [0.3, 0.4) is 0 Å². The van der Waals surface area contributed by atoms with Crippen LogP contribution in [0.25, 0.3) is 0 Å². The van der Waals surface area contributed by atoms with Crippen LogP contribution >= 0.6 is 11.6 Å². The van der Waals surface area contributed by atoms with Gasteiger partial charge >= 0.3 is 6.03 Å². The maximum absolute atomic E-state index is 14.2. The second kappa shape index (κ2) is 5.88. The van der Waals surface area contributed by atoms with Crippen LogP contribution in [0.2, 0.25) is 5.02 Å². The van der Waals surface area contributed by atoms with E-state index in [2.05, 4.69) is 5.32 Å². The van der Waals surface area contributed by atoms with Crippen molar-refractivity contribution < 1.29 is 23.5 Å². The van der Waals surface area contributed by atoms with Crippen LogP contribution in [0.1, 0.15) is 18.1 Å². The lowest BCUT2D eigenvalue weighted by Gasteiger charge is -2.22. The van der Waals surface area contributed by atoms with Crippen molar-refractivity contribution in [3.63, 3.8) is 0 Å². The fourth-order valence-electron chi connectivity index (χ4n) is 3.18. The monoisotopic (exact) mass is 376 g/mol. The number of carbonyl (C=O) groups is 2. The van der Waals surface area contributed by atoms with Crippen molar-refractivity contribution in [2.24, 2.45) is 0 Å². The Morgan fingerprint density at radius 3 is 2.81 bits per heavy atom. The highest BCUT2D eigenvalue weighted by atomic mass is 35.5. The van der Waals surface area contributed by atoms with Gasteiger partial charge in [-0.15, -0.1) is 0 Å². The number of nitrogens with one attached hydrogen (secondary N) is 1. The van der Waals surface area contributed by atoms with Crippen LogP contribution in [0, 0.1) is 5.82 Å². The first-order valence-corrected chi connectivity index (χ1v) is 8.25. The largest absolute Gasteiger partial charge is 0.454 e. The molecule has 1 atom stereocenters. The number of hydrogen-bond acceptors (Lipinski definition) is 4. The molecule has 0 radical (unpaired) electrons. The smallest absolute Gasteiger partial charge is 0.325 e. The van der Waals surface area contributed by atoms with E-state index < -0.39 is 23.3 Å². The fourth-order valence-corrected chi connectivity index (χ4v) is 3.47. The first-order valence-electron chi connectivity index (χ1n) is 7.87. The molecule has 1 saturated heterocycles. The summed E-state index contributed by atoms with van der Waals surface area (Å²) in [6, 6.07) is 8.53. The highest BCUT2D eigenvalue weighted by molar-refractivity contribution is 6.32. The molecular formula is C18H14ClFN2O4. The number of nitrogens with zero attached hydrogens (tertiary/aromatic N) is 1. The van der Waals surface area contributed by atoms with Crippen molar-refractivity contribution in [1.82, 2.24) is 10.2 Å². The summed E-state index contributed by atoms with van der Waals surface area (Å²) in [4.78, 5) is 26.3. The molecule has 1 unspecified atom stereocenters. The second-order valence-corrected chi connectivity index (χ2v) is 6.64. The molecule has 4 rings (SSSR count). The molecule has 0 spiro atoms. The van der Waals surface area contributed by atoms with Crippen molar-refractivity contribution in [2.45, 2.75) is 19.0 Å². The van der Waals surface area contributed by atoms with Gasteiger partial charge < -0.3 is 14.8 Å². The van der Waals surface area contributed by atoms with Crippen LogP contribution in [-0.4, -0.2) is 23.6 Å². The average molecular weight is 377 g/mol. The number of benzene rings is 2. The highest BCUT2D eigenvalue weighted by Gasteiger charge is 2.50. The number of rotatable bonds is 3. The van der Waals surface area contributed by atoms with Gasteiger partial charge in [-0.3, -0.25) is 9.69 Å². The molecule has 2 aliphatic heterocycles. The van der Waals surface area contributed by atoms with Gasteiger partial charge in [-0.05, 0) is 30.7 Å². The van der Waals surface area contributed by atoms with Crippen LogP contribution in [0.4, 0.5) is 9.18 Å². The van der Waals surface area contributed by atoms with Crippen molar-refractivity contribution in [3.05, 3.63) is 58.4 Å². The quantitative estimate of drug-likeness (QED) is 0.835. The Hall–Kier alpha value is -2.80. The third-order valence-electron chi connectivity index (χ3n) is 4.52. The Morgan fingerprint density at radius 1 is 1.27 bits per heavy atom. The molecular weight excluding hydrogens is 363 g/mol. The van der Waals surface area contributed by atoms with Crippen molar-refractivity contribution in [2.75, 3.05) is 6.79 Å². The van der Waals surface area contributed by atoms with Gasteiger partial charge in [0.05, 0.1) is 11.6 Å². The number of ether oxygens (including phenoxy) is 2. The van der Waals surface area contributed by atoms with E-state index in [0.29, 0.717) is 22.1 Å². The molecule has 26 heavy (non-hydrogen) atoms. The molecule has 0 aliphatic carbocycles. The van der Waals surface area contributed by atoms with Gasteiger partial charge in [-0.1, -0.05) is 29.8 Å². The number of carbonyl (C=O) groups excluding carboxylic acids is 2. The molecule has 134 valence electrons. The van der Waals surface area contributed by atoms with Crippen LogP contribution in [0.15, 0.2) is 36.4 Å². The topological polar surface area (TPSA) is 67.9 Å². The van der Waals surface area contributed by atoms with E-state index in [1.54, 1.807) is 18.2 Å². The second-order valence-electron chi connectivity index (χ2n) is 6.24. The van der Waals surface area contributed by atoms with E-state index in [-0.39, 0.29) is 18.9 Å². The van der Waals surface area contributed by atoms with E-state index in [1.165, 1.54) is 25.1 Å². The van der Waals surface area contributed by atoms with Gasteiger partial charge in [0.25, 0.3) is 5.91 Å². The van der Waals surface area contributed by atoms with Gasteiger partial charge in [0.2, 0.25) is 6.79 Å². The van der Waals surface area contributed by atoms with E-state index in [0.717, 1.165) is 4.90 Å². The summed E-state index contributed by atoms with van der Waals surface area (Å²) in [5.41, 5.74) is -0.757. The molecule has 0 saturated carbocycles. The van der Waals surface area contributed by atoms with Gasteiger partial charge in [-0.25, -0.2) is 9.18 Å². The van der Waals surface area contributed by atoms with Crippen molar-refractivity contribution in [1.29, 1.82) is 0 Å². The number of halogens is 2. The summed E-state index contributed by atoms with van der Waals surface area (Å²) in [5.74, 6) is -0.210. The average Bonchev–Trinajstić information content (AvgIpc) is 3.15. The molecule has 8 heteroatoms. The van der Waals surface area contributed by atoms with E-state index in [4.69, 9.17) is 21.1 Å². The Morgan fingerprint density at radius 2 is 2.04 bits per heavy atom. The van der Waals surface area contributed by atoms with Crippen LogP contribution in [-0.2, 0) is 16.9 Å². The summed E-state index contributed by atoms with van der Waals surface area (Å²) in [7, 11) is 0. The molecule has 1 fully saturated rings. The maximum Gasteiger partial charge on any atom is 0.325 e. The zero-order valence-corrected chi connectivity index (χ0v) is 14.5. The lowest BCUT2D eigenvalue weighted by Crippen LogP contribution is -2.41. The Balaban J connectivity index is 1.65. The molecule has 2 aliphatic rings. The number of fused-ring (bicyclic) bond motifs is 1. The Kier molecular flexibility index (Phi) is 3.77. The number of urea groups is 1. The van der Waals surface area contributed by atoms with Crippen molar-refractivity contribution in [3.8, 4) is 11.5 Å². The number of hydrogen-bond donors (Lipinski definition) is 1. The van der Waals surface area contributed by atoms with E-state index in [1.807, 2.05) is 0 Å².